The molecule has 110 valence electrons. The Morgan fingerprint density at radius 3 is 2.55 bits per heavy atom. The molecule has 0 radical (unpaired) electrons. The van der Waals surface area contributed by atoms with Crippen molar-refractivity contribution in [3.05, 3.63) is 35.4 Å². The van der Waals surface area contributed by atoms with Gasteiger partial charge in [-0.3, -0.25) is 9.59 Å². The number of benzene rings is 1. The van der Waals surface area contributed by atoms with Crippen LogP contribution in [0.4, 0.5) is 0 Å². The Hall–Kier alpha value is -1.88. The summed E-state index contributed by atoms with van der Waals surface area (Å²) in [6.45, 7) is 3.35. The van der Waals surface area contributed by atoms with Gasteiger partial charge in [0.05, 0.1) is 13.6 Å². The molecule has 1 atom stereocenters. The second-order valence-corrected chi connectivity index (χ2v) is 5.16. The number of carbonyl (C=O) groups excluding carboxylic acids is 2. The van der Waals surface area contributed by atoms with Crippen molar-refractivity contribution in [3.63, 3.8) is 0 Å². The first kappa shape index (κ1) is 16.2. The standard InChI is InChI=1S/C15H23N3O2/c1-12-7-5-6-8-13(12)9-17(3)11-15(20)18(4)10-14(19)16-2/h5-8H,9-11H2,1-4H3,(H,16,19)/p+1. The topological polar surface area (TPSA) is 53.9 Å². The summed E-state index contributed by atoms with van der Waals surface area (Å²) in [5.74, 6) is -0.183. The lowest BCUT2D eigenvalue weighted by atomic mass is 10.1. The highest BCUT2D eigenvalue weighted by Crippen LogP contribution is 2.04. The molecule has 0 aliphatic heterocycles. The Balaban J connectivity index is 2.49. The minimum Gasteiger partial charge on any atom is -0.358 e. The Morgan fingerprint density at radius 1 is 1.30 bits per heavy atom. The van der Waals surface area contributed by atoms with E-state index in [1.54, 1.807) is 14.1 Å². The van der Waals surface area contributed by atoms with Crippen molar-refractivity contribution in [1.82, 2.24) is 10.2 Å². The highest BCUT2D eigenvalue weighted by Gasteiger charge is 2.17. The van der Waals surface area contributed by atoms with Crippen LogP contribution in [-0.2, 0) is 16.1 Å². The first-order chi connectivity index (χ1) is 9.43. The van der Waals surface area contributed by atoms with Crippen LogP contribution in [-0.4, -0.2) is 50.9 Å². The maximum Gasteiger partial charge on any atom is 0.277 e. The van der Waals surface area contributed by atoms with Gasteiger partial charge in [-0.25, -0.2) is 0 Å². The van der Waals surface area contributed by atoms with E-state index in [-0.39, 0.29) is 18.4 Å². The van der Waals surface area contributed by atoms with Gasteiger partial charge in [0.2, 0.25) is 5.91 Å². The van der Waals surface area contributed by atoms with Crippen LogP contribution in [0.2, 0.25) is 0 Å². The van der Waals surface area contributed by atoms with E-state index < -0.39 is 0 Å². The minimum absolute atomic E-state index is 0.0281. The molecule has 2 N–H and O–H groups in total. The van der Waals surface area contributed by atoms with Crippen LogP contribution < -0.4 is 10.2 Å². The summed E-state index contributed by atoms with van der Waals surface area (Å²) in [6.07, 6.45) is 0. The monoisotopic (exact) mass is 278 g/mol. The molecule has 0 saturated heterocycles. The van der Waals surface area contributed by atoms with Gasteiger partial charge in [0, 0.05) is 19.7 Å². The first-order valence-electron chi connectivity index (χ1n) is 6.74. The second kappa shape index (κ2) is 7.65. The highest BCUT2D eigenvalue weighted by atomic mass is 16.2. The number of hydrogen-bond acceptors (Lipinski definition) is 2. The number of rotatable bonds is 6. The number of hydrogen-bond donors (Lipinski definition) is 2. The van der Waals surface area contributed by atoms with Crippen molar-refractivity contribution in [1.29, 1.82) is 0 Å². The molecule has 1 unspecified atom stereocenters. The summed E-state index contributed by atoms with van der Waals surface area (Å²) >= 11 is 0. The van der Waals surface area contributed by atoms with E-state index >= 15 is 0 Å². The van der Waals surface area contributed by atoms with Gasteiger partial charge in [0.15, 0.2) is 6.54 Å². The average molecular weight is 278 g/mol. The van der Waals surface area contributed by atoms with E-state index in [0.29, 0.717) is 6.54 Å². The molecule has 5 heteroatoms. The summed E-state index contributed by atoms with van der Waals surface area (Å²) in [7, 11) is 5.20. The molecule has 20 heavy (non-hydrogen) atoms. The summed E-state index contributed by atoms with van der Waals surface area (Å²) in [5.41, 5.74) is 2.48. The smallest absolute Gasteiger partial charge is 0.277 e. The number of amides is 2. The fourth-order valence-electron chi connectivity index (χ4n) is 1.97. The number of likely N-dealkylation sites (N-methyl/N-ethyl adjacent to an activating group) is 3. The summed E-state index contributed by atoms with van der Waals surface area (Å²) in [4.78, 5) is 25.8. The van der Waals surface area contributed by atoms with E-state index in [2.05, 4.69) is 24.4 Å². The zero-order chi connectivity index (χ0) is 15.1. The number of carbonyl (C=O) groups is 2. The van der Waals surface area contributed by atoms with Gasteiger partial charge < -0.3 is 15.1 Å². The molecule has 0 heterocycles. The number of aryl methyl sites for hydroxylation is 1. The fraction of sp³-hybridized carbons (Fsp3) is 0.467. The molecule has 0 aromatic heterocycles. The third kappa shape index (κ3) is 5.01. The highest BCUT2D eigenvalue weighted by molar-refractivity contribution is 5.84. The molecule has 0 saturated carbocycles. The number of nitrogens with one attached hydrogen (secondary N) is 2. The fourth-order valence-corrected chi connectivity index (χ4v) is 1.97. The zero-order valence-electron chi connectivity index (χ0n) is 12.7. The molecule has 0 aliphatic carbocycles. The maximum absolute atomic E-state index is 12.0. The van der Waals surface area contributed by atoms with Crippen LogP contribution in [0.15, 0.2) is 24.3 Å². The normalized spacial score (nSPS) is 11.8. The van der Waals surface area contributed by atoms with Crippen molar-refractivity contribution in [3.8, 4) is 0 Å². The Morgan fingerprint density at radius 2 is 1.95 bits per heavy atom. The van der Waals surface area contributed by atoms with Gasteiger partial charge in [-0.2, -0.15) is 0 Å². The summed E-state index contributed by atoms with van der Waals surface area (Å²) in [5, 5.41) is 2.51. The van der Waals surface area contributed by atoms with E-state index in [1.165, 1.54) is 16.0 Å². The summed E-state index contributed by atoms with van der Waals surface area (Å²) < 4.78 is 0. The lowest BCUT2D eigenvalue weighted by Crippen LogP contribution is -3.08. The van der Waals surface area contributed by atoms with Gasteiger partial charge in [-0.15, -0.1) is 0 Å². The van der Waals surface area contributed by atoms with Crippen LogP contribution in [0.5, 0.6) is 0 Å². The zero-order valence-corrected chi connectivity index (χ0v) is 12.7. The third-order valence-electron chi connectivity index (χ3n) is 3.29. The molecular formula is C15H24N3O2+. The van der Waals surface area contributed by atoms with Crippen molar-refractivity contribution < 1.29 is 14.5 Å². The van der Waals surface area contributed by atoms with Crippen molar-refractivity contribution in [2.75, 3.05) is 34.2 Å². The SMILES string of the molecule is CNC(=O)CN(C)C(=O)C[NH+](C)Cc1ccccc1C. The molecule has 1 rings (SSSR count). The second-order valence-electron chi connectivity index (χ2n) is 5.16. The van der Waals surface area contributed by atoms with E-state index in [1.807, 2.05) is 19.2 Å². The van der Waals surface area contributed by atoms with Gasteiger partial charge in [-0.05, 0) is 12.5 Å². The van der Waals surface area contributed by atoms with Crippen LogP contribution in [0.3, 0.4) is 0 Å². The molecule has 0 bridgehead atoms. The lowest BCUT2D eigenvalue weighted by Gasteiger charge is -2.20. The van der Waals surface area contributed by atoms with E-state index in [0.717, 1.165) is 11.4 Å². The largest absolute Gasteiger partial charge is 0.358 e. The van der Waals surface area contributed by atoms with E-state index in [4.69, 9.17) is 0 Å². The van der Waals surface area contributed by atoms with Crippen molar-refractivity contribution in [2.45, 2.75) is 13.5 Å². The van der Waals surface area contributed by atoms with Crippen LogP contribution in [0, 0.1) is 6.92 Å². The lowest BCUT2D eigenvalue weighted by molar-refractivity contribution is -0.885. The average Bonchev–Trinajstić information content (AvgIpc) is 2.41. The molecule has 5 nitrogen and oxygen atoms in total. The predicted molar refractivity (Wildman–Crippen MR) is 78.3 cm³/mol. The molecule has 1 aromatic carbocycles. The molecule has 1 aromatic rings. The van der Waals surface area contributed by atoms with Gasteiger partial charge in [0.1, 0.15) is 6.54 Å². The van der Waals surface area contributed by atoms with Crippen LogP contribution in [0.1, 0.15) is 11.1 Å². The van der Waals surface area contributed by atoms with Crippen LogP contribution >= 0.6 is 0 Å². The van der Waals surface area contributed by atoms with Crippen molar-refractivity contribution in [2.24, 2.45) is 0 Å². The van der Waals surface area contributed by atoms with E-state index in [9.17, 15) is 9.59 Å². The minimum atomic E-state index is -0.155. The molecular weight excluding hydrogens is 254 g/mol. The predicted octanol–water partition coefficient (Wildman–Crippen LogP) is -0.786. The molecule has 0 aliphatic rings. The Bertz CT molecular complexity index is 474. The van der Waals surface area contributed by atoms with Gasteiger partial charge in [0.25, 0.3) is 5.91 Å². The van der Waals surface area contributed by atoms with Crippen molar-refractivity contribution >= 4 is 11.8 Å². The number of nitrogens with zero attached hydrogens (tertiary/aromatic N) is 1. The first-order valence-corrected chi connectivity index (χ1v) is 6.74. The molecule has 0 spiro atoms. The molecule has 0 fully saturated rings. The van der Waals surface area contributed by atoms with Gasteiger partial charge >= 0.3 is 0 Å². The molecule has 2 amide bonds. The maximum atomic E-state index is 12.0. The Kier molecular flexibility index (Phi) is 6.18. The third-order valence-corrected chi connectivity index (χ3v) is 3.29. The summed E-state index contributed by atoms with van der Waals surface area (Å²) in [6, 6.07) is 8.17. The Labute approximate surface area is 120 Å². The number of quaternary nitrogens is 1. The van der Waals surface area contributed by atoms with Crippen LogP contribution in [0.25, 0.3) is 0 Å². The quantitative estimate of drug-likeness (QED) is 0.717. The van der Waals surface area contributed by atoms with Gasteiger partial charge in [-0.1, -0.05) is 24.3 Å².